The van der Waals surface area contributed by atoms with Crippen LogP contribution in [0.15, 0.2) is 42.5 Å². The Morgan fingerprint density at radius 2 is 1.79 bits per heavy atom. The number of carboxylic acids is 1. The Hall–Kier alpha value is -2.40. The van der Waals surface area contributed by atoms with E-state index in [-0.39, 0.29) is 6.54 Å². The molecule has 0 radical (unpaired) electrons. The summed E-state index contributed by atoms with van der Waals surface area (Å²) in [6, 6.07) is 12.8. The summed E-state index contributed by atoms with van der Waals surface area (Å²) in [5.74, 6) is -1.77. The van der Waals surface area contributed by atoms with Crippen LogP contribution in [0, 0.1) is 0 Å². The minimum Gasteiger partial charge on any atom is -0.479 e. The standard InChI is InChI=1S/C14H13NO4/c16-12(14(18)19)8-15-13(17)11-6-5-9-3-1-2-4-10(9)7-11/h1-7,12,16H,8H2,(H,15,17)(H,18,19). The van der Waals surface area contributed by atoms with E-state index in [2.05, 4.69) is 5.32 Å². The van der Waals surface area contributed by atoms with Crippen LogP contribution in [0.4, 0.5) is 0 Å². The fraction of sp³-hybridized carbons (Fsp3) is 0.143. The average Bonchev–Trinajstić information content (AvgIpc) is 2.43. The van der Waals surface area contributed by atoms with E-state index in [0.717, 1.165) is 10.8 Å². The number of hydrogen-bond acceptors (Lipinski definition) is 3. The molecule has 0 fully saturated rings. The Morgan fingerprint density at radius 3 is 2.47 bits per heavy atom. The van der Waals surface area contributed by atoms with Crippen molar-refractivity contribution in [3.8, 4) is 0 Å². The van der Waals surface area contributed by atoms with Gasteiger partial charge in [-0.3, -0.25) is 4.79 Å². The summed E-state index contributed by atoms with van der Waals surface area (Å²) in [7, 11) is 0. The van der Waals surface area contributed by atoms with Crippen LogP contribution >= 0.6 is 0 Å². The molecule has 98 valence electrons. The average molecular weight is 259 g/mol. The number of aliphatic carboxylic acids is 1. The molecule has 2 rings (SSSR count). The van der Waals surface area contributed by atoms with Crippen molar-refractivity contribution < 1.29 is 19.8 Å². The van der Waals surface area contributed by atoms with Gasteiger partial charge in [0.15, 0.2) is 6.10 Å². The number of aliphatic hydroxyl groups is 1. The van der Waals surface area contributed by atoms with E-state index in [1.165, 1.54) is 0 Å². The van der Waals surface area contributed by atoms with Crippen molar-refractivity contribution in [1.82, 2.24) is 5.32 Å². The van der Waals surface area contributed by atoms with E-state index in [1.807, 2.05) is 30.3 Å². The van der Waals surface area contributed by atoms with Crippen LogP contribution in [0.25, 0.3) is 10.8 Å². The summed E-state index contributed by atoms with van der Waals surface area (Å²) in [6.45, 7) is -0.318. The highest BCUT2D eigenvalue weighted by atomic mass is 16.4. The molecule has 0 aliphatic heterocycles. The van der Waals surface area contributed by atoms with Crippen LogP contribution < -0.4 is 5.32 Å². The molecule has 0 saturated carbocycles. The van der Waals surface area contributed by atoms with Crippen molar-refractivity contribution in [2.45, 2.75) is 6.10 Å². The van der Waals surface area contributed by atoms with Crippen molar-refractivity contribution in [2.24, 2.45) is 0 Å². The predicted molar refractivity (Wildman–Crippen MR) is 69.9 cm³/mol. The second kappa shape index (κ2) is 5.49. The first-order valence-electron chi connectivity index (χ1n) is 5.76. The summed E-state index contributed by atoms with van der Waals surface area (Å²) >= 11 is 0. The molecular weight excluding hydrogens is 246 g/mol. The van der Waals surface area contributed by atoms with E-state index in [1.54, 1.807) is 12.1 Å². The Labute approximate surface area is 109 Å². The zero-order valence-corrected chi connectivity index (χ0v) is 10.0. The van der Waals surface area contributed by atoms with Gasteiger partial charge in [0.25, 0.3) is 5.91 Å². The number of hydrogen-bond donors (Lipinski definition) is 3. The van der Waals surface area contributed by atoms with Crippen LogP contribution in [0.1, 0.15) is 10.4 Å². The third-order valence-electron chi connectivity index (χ3n) is 2.75. The molecule has 3 N–H and O–H groups in total. The summed E-state index contributed by atoms with van der Waals surface area (Å²) in [5.41, 5.74) is 0.427. The molecule has 1 atom stereocenters. The minimum absolute atomic E-state index is 0.318. The maximum Gasteiger partial charge on any atom is 0.334 e. The molecule has 19 heavy (non-hydrogen) atoms. The van der Waals surface area contributed by atoms with Gasteiger partial charge in [-0.25, -0.2) is 4.79 Å². The molecule has 0 heterocycles. The first kappa shape index (κ1) is 13.0. The summed E-state index contributed by atoms with van der Waals surface area (Å²) in [4.78, 5) is 22.2. The fourth-order valence-electron chi connectivity index (χ4n) is 1.71. The topological polar surface area (TPSA) is 86.6 Å². The lowest BCUT2D eigenvalue weighted by molar-refractivity contribution is -0.146. The summed E-state index contributed by atoms with van der Waals surface area (Å²) in [6.07, 6.45) is -1.59. The number of rotatable bonds is 4. The number of carbonyl (C=O) groups excluding carboxylic acids is 1. The number of amides is 1. The fourth-order valence-corrected chi connectivity index (χ4v) is 1.71. The Kier molecular flexibility index (Phi) is 3.77. The summed E-state index contributed by atoms with van der Waals surface area (Å²) < 4.78 is 0. The van der Waals surface area contributed by atoms with Crippen molar-refractivity contribution in [1.29, 1.82) is 0 Å². The van der Waals surface area contributed by atoms with Gasteiger partial charge in [-0.05, 0) is 22.9 Å². The van der Waals surface area contributed by atoms with Gasteiger partial charge in [-0.15, -0.1) is 0 Å². The molecule has 1 amide bonds. The van der Waals surface area contributed by atoms with Crippen LogP contribution in [0.2, 0.25) is 0 Å². The molecule has 5 nitrogen and oxygen atoms in total. The van der Waals surface area contributed by atoms with Crippen LogP contribution in [-0.4, -0.2) is 34.7 Å². The van der Waals surface area contributed by atoms with Gasteiger partial charge in [0.1, 0.15) is 0 Å². The maximum atomic E-state index is 11.8. The Balaban J connectivity index is 2.11. The lowest BCUT2D eigenvalue weighted by atomic mass is 10.1. The largest absolute Gasteiger partial charge is 0.479 e. The number of fused-ring (bicyclic) bond motifs is 1. The highest BCUT2D eigenvalue weighted by Gasteiger charge is 2.14. The Morgan fingerprint density at radius 1 is 1.11 bits per heavy atom. The molecule has 0 bridgehead atoms. The van der Waals surface area contributed by atoms with E-state index in [9.17, 15) is 9.59 Å². The monoisotopic (exact) mass is 259 g/mol. The Bertz CT molecular complexity index is 624. The number of carboxylic acid groups (broad SMARTS) is 1. The highest BCUT2D eigenvalue weighted by Crippen LogP contribution is 2.15. The van der Waals surface area contributed by atoms with Crippen molar-refractivity contribution in [2.75, 3.05) is 6.54 Å². The normalized spacial score (nSPS) is 12.1. The zero-order valence-electron chi connectivity index (χ0n) is 10.0. The third-order valence-corrected chi connectivity index (χ3v) is 2.75. The van der Waals surface area contributed by atoms with Gasteiger partial charge < -0.3 is 15.5 Å². The predicted octanol–water partition coefficient (Wildman–Crippen LogP) is 1.02. The quantitative estimate of drug-likeness (QED) is 0.765. The molecular formula is C14H13NO4. The second-order valence-corrected chi connectivity index (χ2v) is 4.13. The first-order chi connectivity index (χ1) is 9.08. The number of aliphatic hydroxyl groups excluding tert-OH is 1. The van der Waals surface area contributed by atoms with Gasteiger partial charge >= 0.3 is 5.97 Å². The van der Waals surface area contributed by atoms with E-state index >= 15 is 0 Å². The number of nitrogens with one attached hydrogen (secondary N) is 1. The van der Waals surface area contributed by atoms with Crippen molar-refractivity contribution >= 4 is 22.6 Å². The molecule has 2 aromatic carbocycles. The molecule has 0 aliphatic rings. The van der Waals surface area contributed by atoms with Gasteiger partial charge in [-0.1, -0.05) is 30.3 Å². The summed E-state index contributed by atoms with van der Waals surface area (Å²) in [5, 5.41) is 21.9. The van der Waals surface area contributed by atoms with Gasteiger partial charge in [-0.2, -0.15) is 0 Å². The molecule has 0 aromatic heterocycles. The zero-order chi connectivity index (χ0) is 13.8. The van der Waals surface area contributed by atoms with Crippen molar-refractivity contribution in [3.63, 3.8) is 0 Å². The minimum atomic E-state index is -1.59. The molecule has 5 heteroatoms. The van der Waals surface area contributed by atoms with Gasteiger partial charge in [0, 0.05) is 5.56 Å². The molecule has 1 unspecified atom stereocenters. The molecule has 0 aliphatic carbocycles. The van der Waals surface area contributed by atoms with Gasteiger partial charge in [0.2, 0.25) is 0 Å². The van der Waals surface area contributed by atoms with E-state index < -0.39 is 18.0 Å². The smallest absolute Gasteiger partial charge is 0.334 e. The highest BCUT2D eigenvalue weighted by molar-refractivity contribution is 5.98. The van der Waals surface area contributed by atoms with Crippen molar-refractivity contribution in [3.05, 3.63) is 48.0 Å². The van der Waals surface area contributed by atoms with E-state index in [4.69, 9.17) is 10.2 Å². The lowest BCUT2D eigenvalue weighted by Crippen LogP contribution is -2.36. The van der Waals surface area contributed by atoms with Gasteiger partial charge in [0.05, 0.1) is 6.54 Å². The van der Waals surface area contributed by atoms with Crippen LogP contribution in [0.3, 0.4) is 0 Å². The maximum absolute atomic E-state index is 11.8. The van der Waals surface area contributed by atoms with Crippen LogP contribution in [-0.2, 0) is 4.79 Å². The first-order valence-corrected chi connectivity index (χ1v) is 5.76. The molecule has 2 aromatic rings. The third kappa shape index (κ3) is 3.08. The second-order valence-electron chi connectivity index (χ2n) is 4.13. The SMILES string of the molecule is O=C(NCC(O)C(=O)O)c1ccc2ccccc2c1. The molecule has 0 spiro atoms. The van der Waals surface area contributed by atoms with Crippen LogP contribution in [0.5, 0.6) is 0 Å². The van der Waals surface area contributed by atoms with E-state index in [0.29, 0.717) is 5.56 Å². The number of benzene rings is 2. The number of carbonyl (C=O) groups is 2. The molecule has 0 saturated heterocycles. The lowest BCUT2D eigenvalue weighted by Gasteiger charge is -2.08.